The maximum atomic E-state index is 11.5. The number of fused-ring (bicyclic) bond motifs is 1. The molecule has 1 saturated heterocycles. The van der Waals surface area contributed by atoms with E-state index in [9.17, 15) is 9.59 Å². The summed E-state index contributed by atoms with van der Waals surface area (Å²) in [6.07, 6.45) is 8.99. The van der Waals surface area contributed by atoms with Gasteiger partial charge in [0.25, 0.3) is 0 Å². The number of rotatable bonds is 0. The van der Waals surface area contributed by atoms with Crippen molar-refractivity contribution in [1.82, 2.24) is 0 Å². The predicted molar refractivity (Wildman–Crippen MR) is 48.0 cm³/mol. The van der Waals surface area contributed by atoms with Gasteiger partial charge in [0, 0.05) is 5.92 Å². The first-order valence-corrected chi connectivity index (χ1v) is 4.88. The van der Waals surface area contributed by atoms with Gasteiger partial charge in [0.05, 0.1) is 11.8 Å². The molecule has 4 atom stereocenters. The molecule has 4 aliphatic rings. The number of cyclic esters (lactones) is 2. The molecule has 0 spiro atoms. The summed E-state index contributed by atoms with van der Waals surface area (Å²) in [6, 6.07) is 0. The van der Waals surface area contributed by atoms with Crippen LogP contribution in [-0.2, 0) is 14.3 Å². The van der Waals surface area contributed by atoms with Gasteiger partial charge in [-0.3, -0.25) is 9.59 Å². The highest BCUT2D eigenvalue weighted by Gasteiger charge is 2.52. The van der Waals surface area contributed by atoms with Gasteiger partial charge < -0.3 is 4.74 Å². The van der Waals surface area contributed by atoms with Crippen LogP contribution in [0.3, 0.4) is 0 Å². The van der Waals surface area contributed by atoms with Gasteiger partial charge in [-0.2, -0.15) is 0 Å². The summed E-state index contributed by atoms with van der Waals surface area (Å²) in [5, 5.41) is 0. The maximum Gasteiger partial charge on any atom is 0.318 e. The van der Waals surface area contributed by atoms with Crippen molar-refractivity contribution < 1.29 is 14.3 Å². The fraction of sp³-hybridized carbons (Fsp3) is 0.455. The molecule has 0 unspecified atom stereocenters. The van der Waals surface area contributed by atoms with Gasteiger partial charge in [-0.25, -0.2) is 0 Å². The van der Waals surface area contributed by atoms with E-state index in [1.165, 1.54) is 0 Å². The number of ether oxygens (including phenoxy) is 1. The van der Waals surface area contributed by atoms with Crippen LogP contribution in [0.5, 0.6) is 0 Å². The van der Waals surface area contributed by atoms with Crippen LogP contribution in [0.25, 0.3) is 0 Å². The molecule has 72 valence electrons. The lowest BCUT2D eigenvalue weighted by molar-refractivity contribution is -0.154. The molecular formula is C11H10O3. The lowest BCUT2D eigenvalue weighted by atomic mass is 9.73. The Labute approximate surface area is 81.4 Å². The zero-order valence-corrected chi connectivity index (χ0v) is 7.55. The molecule has 1 heterocycles. The Bertz CT molecular complexity index is 367. The van der Waals surface area contributed by atoms with E-state index < -0.39 is 0 Å². The number of allylic oxidation sites excluding steroid dienone is 4. The number of carbonyl (C=O) groups excluding carboxylic acids is 2. The van der Waals surface area contributed by atoms with Crippen LogP contribution in [-0.4, -0.2) is 11.9 Å². The van der Waals surface area contributed by atoms with E-state index in [1.54, 1.807) is 0 Å². The molecule has 0 amide bonds. The Morgan fingerprint density at radius 3 is 2.71 bits per heavy atom. The van der Waals surface area contributed by atoms with Crippen molar-refractivity contribution in [1.29, 1.82) is 0 Å². The molecule has 0 aromatic rings. The Balaban J connectivity index is 2.10. The third kappa shape index (κ3) is 0.870. The van der Waals surface area contributed by atoms with E-state index >= 15 is 0 Å². The molecule has 1 aliphatic heterocycles. The second kappa shape index (κ2) is 2.56. The first kappa shape index (κ1) is 7.97. The van der Waals surface area contributed by atoms with Crippen LogP contribution in [0.1, 0.15) is 6.42 Å². The van der Waals surface area contributed by atoms with E-state index in [-0.39, 0.29) is 35.6 Å². The lowest BCUT2D eigenvalue weighted by Crippen LogP contribution is -2.31. The van der Waals surface area contributed by atoms with Gasteiger partial charge in [-0.1, -0.05) is 24.3 Å². The van der Waals surface area contributed by atoms with E-state index in [2.05, 4.69) is 6.08 Å². The summed E-state index contributed by atoms with van der Waals surface area (Å²) < 4.78 is 4.69. The number of hydrogen-bond donors (Lipinski definition) is 0. The fourth-order valence-electron chi connectivity index (χ4n) is 2.68. The molecule has 14 heavy (non-hydrogen) atoms. The minimum Gasteiger partial charge on any atom is -0.393 e. The maximum absolute atomic E-state index is 11.5. The molecule has 1 fully saturated rings. The highest BCUT2D eigenvalue weighted by Crippen LogP contribution is 2.44. The van der Waals surface area contributed by atoms with Crippen LogP contribution in [0.4, 0.5) is 0 Å². The minimum atomic E-state index is -0.342. The van der Waals surface area contributed by atoms with E-state index in [4.69, 9.17) is 4.74 Å². The zero-order valence-electron chi connectivity index (χ0n) is 7.55. The molecule has 0 radical (unpaired) electrons. The first-order valence-electron chi connectivity index (χ1n) is 4.88. The molecule has 0 N–H and O–H groups in total. The topological polar surface area (TPSA) is 43.4 Å². The molecule has 2 bridgehead atoms. The minimum absolute atomic E-state index is 0.0673. The molecule has 4 rings (SSSR count). The quantitative estimate of drug-likeness (QED) is 0.326. The van der Waals surface area contributed by atoms with E-state index in [1.807, 2.05) is 18.2 Å². The van der Waals surface area contributed by atoms with Gasteiger partial charge in [-0.05, 0) is 12.3 Å². The van der Waals surface area contributed by atoms with E-state index in [0.717, 1.165) is 6.42 Å². The molecule has 0 aromatic heterocycles. The van der Waals surface area contributed by atoms with Crippen molar-refractivity contribution in [3.63, 3.8) is 0 Å². The summed E-state index contributed by atoms with van der Waals surface area (Å²) in [4.78, 5) is 22.9. The fourth-order valence-corrected chi connectivity index (χ4v) is 2.68. The number of esters is 2. The summed E-state index contributed by atoms with van der Waals surface area (Å²) >= 11 is 0. The van der Waals surface area contributed by atoms with Gasteiger partial charge >= 0.3 is 11.9 Å². The summed E-state index contributed by atoms with van der Waals surface area (Å²) in [5.74, 6) is -0.927. The molecule has 3 heteroatoms. The largest absolute Gasteiger partial charge is 0.393 e. The van der Waals surface area contributed by atoms with Crippen LogP contribution in [0.15, 0.2) is 24.3 Å². The summed E-state index contributed by atoms with van der Waals surface area (Å²) in [7, 11) is 0. The first-order chi connectivity index (χ1) is 6.77. The summed E-state index contributed by atoms with van der Waals surface area (Å²) in [6.45, 7) is 0. The Hall–Kier alpha value is -1.38. The molecule has 3 nitrogen and oxygen atoms in total. The average molecular weight is 190 g/mol. The van der Waals surface area contributed by atoms with Crippen molar-refractivity contribution in [3.05, 3.63) is 24.3 Å². The lowest BCUT2D eigenvalue weighted by Gasteiger charge is -2.25. The molecule has 3 aliphatic carbocycles. The second-order valence-corrected chi connectivity index (χ2v) is 4.08. The normalized spacial score (nSPS) is 43.7. The summed E-state index contributed by atoms with van der Waals surface area (Å²) in [5.41, 5.74) is 0. The molecule has 0 saturated carbocycles. The zero-order chi connectivity index (χ0) is 9.71. The van der Waals surface area contributed by atoms with Crippen LogP contribution >= 0.6 is 0 Å². The van der Waals surface area contributed by atoms with Gasteiger partial charge in [-0.15, -0.1) is 0 Å². The Morgan fingerprint density at radius 2 is 1.86 bits per heavy atom. The van der Waals surface area contributed by atoms with Crippen LogP contribution in [0, 0.1) is 23.7 Å². The second-order valence-electron chi connectivity index (χ2n) is 4.08. The number of hydrogen-bond acceptors (Lipinski definition) is 3. The SMILES string of the molecule is O=C1OC(=O)[C@H]2[C@@H]1[C@@H]1C=CC[C@H]2C=C1. The van der Waals surface area contributed by atoms with Crippen molar-refractivity contribution in [2.24, 2.45) is 23.7 Å². The number of carbonyl (C=O) groups is 2. The third-order valence-electron chi connectivity index (χ3n) is 3.36. The molecular weight excluding hydrogens is 180 g/mol. The standard InChI is InChI=1S/C11H10O3/c12-10-8-6-2-1-3-7(5-4-6)9(8)11(13)14-10/h1-2,4-9H,3H2/t6-,7+,8+,9-/m1/s1. The van der Waals surface area contributed by atoms with Gasteiger partial charge in [0.15, 0.2) is 0 Å². The van der Waals surface area contributed by atoms with Crippen molar-refractivity contribution >= 4 is 11.9 Å². The Morgan fingerprint density at radius 1 is 1.07 bits per heavy atom. The van der Waals surface area contributed by atoms with Crippen molar-refractivity contribution in [3.8, 4) is 0 Å². The predicted octanol–water partition coefficient (Wildman–Crippen LogP) is 1.06. The monoisotopic (exact) mass is 190 g/mol. The highest BCUT2D eigenvalue weighted by atomic mass is 16.6. The van der Waals surface area contributed by atoms with Gasteiger partial charge in [0.2, 0.25) is 0 Å². The van der Waals surface area contributed by atoms with Crippen LogP contribution in [0.2, 0.25) is 0 Å². The molecule has 0 aromatic carbocycles. The average Bonchev–Trinajstić information content (AvgIpc) is 2.42. The Kier molecular flexibility index (Phi) is 1.46. The highest BCUT2D eigenvalue weighted by molar-refractivity contribution is 5.97. The smallest absolute Gasteiger partial charge is 0.318 e. The van der Waals surface area contributed by atoms with Crippen molar-refractivity contribution in [2.45, 2.75) is 6.42 Å². The van der Waals surface area contributed by atoms with Crippen LogP contribution < -0.4 is 0 Å². The third-order valence-corrected chi connectivity index (χ3v) is 3.36. The van der Waals surface area contributed by atoms with Crippen molar-refractivity contribution in [2.75, 3.05) is 0 Å². The van der Waals surface area contributed by atoms with Gasteiger partial charge in [0.1, 0.15) is 0 Å². The van der Waals surface area contributed by atoms with E-state index in [0.29, 0.717) is 0 Å².